The molecule has 0 aliphatic carbocycles. The fraction of sp³-hybridized carbons (Fsp3) is 0.529. The van der Waals surface area contributed by atoms with Gasteiger partial charge in [0.1, 0.15) is 6.61 Å². The number of rotatable bonds is 9. The highest BCUT2D eigenvalue weighted by atomic mass is 32.1. The molecule has 0 heterocycles. The van der Waals surface area contributed by atoms with Gasteiger partial charge in [-0.05, 0) is 24.2 Å². The third-order valence-electron chi connectivity index (χ3n) is 3.24. The second-order valence-corrected chi connectivity index (χ2v) is 5.62. The lowest BCUT2D eigenvalue weighted by Gasteiger charge is -2.10. The summed E-state index contributed by atoms with van der Waals surface area (Å²) in [6.45, 7) is 3.24. The van der Waals surface area contributed by atoms with Gasteiger partial charge >= 0.3 is 6.09 Å². The third-order valence-corrected chi connectivity index (χ3v) is 3.49. The molecule has 0 atom stereocenters. The van der Waals surface area contributed by atoms with Crippen molar-refractivity contribution < 1.29 is 9.53 Å². The summed E-state index contributed by atoms with van der Waals surface area (Å²) < 4.78 is 5.09. The minimum absolute atomic E-state index is 0.243. The topological polar surface area (TPSA) is 50.4 Å². The van der Waals surface area contributed by atoms with E-state index in [1.54, 1.807) is 0 Å². The minimum atomic E-state index is -0.524. The number of unbranched alkanes of at least 4 members (excludes halogenated alkanes) is 5. The highest BCUT2D eigenvalue weighted by molar-refractivity contribution is 7.80. The van der Waals surface area contributed by atoms with E-state index in [0.717, 1.165) is 18.5 Å². The Morgan fingerprint density at radius 2 is 1.77 bits per heavy atom. The first-order valence-corrected chi connectivity index (χ1v) is 8.38. The summed E-state index contributed by atoms with van der Waals surface area (Å²) in [4.78, 5) is 11.6. The zero-order chi connectivity index (χ0) is 16.0. The van der Waals surface area contributed by atoms with Gasteiger partial charge in [0.2, 0.25) is 0 Å². The van der Waals surface area contributed by atoms with E-state index in [2.05, 4.69) is 17.6 Å². The Bertz CT molecular complexity index is 438. The first-order chi connectivity index (χ1) is 10.7. The summed E-state index contributed by atoms with van der Waals surface area (Å²) in [5.74, 6) is 0. The lowest BCUT2D eigenvalue weighted by Crippen LogP contribution is -2.39. The van der Waals surface area contributed by atoms with Crippen molar-refractivity contribution >= 4 is 23.4 Å². The first kappa shape index (κ1) is 18.4. The van der Waals surface area contributed by atoms with Gasteiger partial charge < -0.3 is 10.1 Å². The lowest BCUT2D eigenvalue weighted by molar-refractivity contribution is 0.145. The largest absolute Gasteiger partial charge is 0.444 e. The van der Waals surface area contributed by atoms with Gasteiger partial charge in [0.15, 0.2) is 5.11 Å². The molecule has 1 rings (SSSR count). The van der Waals surface area contributed by atoms with Crippen LogP contribution in [0.25, 0.3) is 0 Å². The quantitative estimate of drug-likeness (QED) is 0.530. The van der Waals surface area contributed by atoms with Crippen LogP contribution in [0.1, 0.15) is 51.0 Å². The van der Waals surface area contributed by atoms with Crippen molar-refractivity contribution in [2.75, 3.05) is 6.54 Å². The number of thiocarbonyl (C=S) groups is 1. The van der Waals surface area contributed by atoms with Crippen molar-refractivity contribution in [3.05, 3.63) is 35.9 Å². The summed E-state index contributed by atoms with van der Waals surface area (Å²) in [7, 11) is 0. The Kier molecular flexibility index (Phi) is 10.0. The van der Waals surface area contributed by atoms with Crippen molar-refractivity contribution in [2.24, 2.45) is 0 Å². The summed E-state index contributed by atoms with van der Waals surface area (Å²) >= 11 is 5.06. The van der Waals surface area contributed by atoms with Crippen LogP contribution in [0.3, 0.4) is 0 Å². The van der Waals surface area contributed by atoms with E-state index in [0.29, 0.717) is 5.11 Å². The molecule has 2 N–H and O–H groups in total. The average Bonchev–Trinajstić information content (AvgIpc) is 2.53. The smallest absolute Gasteiger partial charge is 0.413 e. The Labute approximate surface area is 138 Å². The molecule has 4 nitrogen and oxygen atoms in total. The molecule has 0 aliphatic rings. The fourth-order valence-corrected chi connectivity index (χ4v) is 2.19. The second kappa shape index (κ2) is 12.0. The predicted molar refractivity (Wildman–Crippen MR) is 93.7 cm³/mol. The molecule has 5 heteroatoms. The maximum atomic E-state index is 11.6. The van der Waals surface area contributed by atoms with Gasteiger partial charge in [-0.3, -0.25) is 5.32 Å². The maximum Gasteiger partial charge on any atom is 0.413 e. The molecule has 0 saturated heterocycles. The van der Waals surface area contributed by atoms with Crippen LogP contribution in [0.4, 0.5) is 4.79 Å². The number of benzene rings is 1. The van der Waals surface area contributed by atoms with Gasteiger partial charge in [0.25, 0.3) is 0 Å². The summed E-state index contributed by atoms with van der Waals surface area (Å²) in [5.41, 5.74) is 0.948. The lowest BCUT2D eigenvalue weighted by atomic mass is 10.1. The van der Waals surface area contributed by atoms with Crippen molar-refractivity contribution in [1.29, 1.82) is 0 Å². The van der Waals surface area contributed by atoms with Crippen molar-refractivity contribution in [1.82, 2.24) is 10.6 Å². The monoisotopic (exact) mass is 322 g/mol. The molecule has 0 spiro atoms. The molecule has 0 aromatic heterocycles. The van der Waals surface area contributed by atoms with Crippen LogP contribution < -0.4 is 10.6 Å². The molecule has 1 amide bonds. The molecule has 0 bridgehead atoms. The van der Waals surface area contributed by atoms with Crippen LogP contribution in [0.15, 0.2) is 30.3 Å². The molecule has 1 aromatic carbocycles. The van der Waals surface area contributed by atoms with E-state index < -0.39 is 6.09 Å². The van der Waals surface area contributed by atoms with Crippen molar-refractivity contribution in [3.63, 3.8) is 0 Å². The standard InChI is InChI=1S/C17H26N2O2S/c1-2-3-4-5-6-10-13-18-16(22)19-17(20)21-14-15-11-8-7-9-12-15/h7-9,11-12H,2-6,10,13-14H2,1H3,(H2,18,19,20,22). The van der Waals surface area contributed by atoms with Gasteiger partial charge in [0, 0.05) is 6.54 Å². The number of ether oxygens (including phenoxy) is 1. The molecule has 0 unspecified atom stereocenters. The third kappa shape index (κ3) is 9.34. The van der Waals surface area contributed by atoms with Crippen LogP contribution in [0.2, 0.25) is 0 Å². The molecular formula is C17H26N2O2S. The highest BCUT2D eigenvalue weighted by Gasteiger charge is 2.05. The van der Waals surface area contributed by atoms with Gasteiger partial charge in [-0.15, -0.1) is 0 Å². The number of hydrogen-bond acceptors (Lipinski definition) is 3. The summed E-state index contributed by atoms with van der Waals surface area (Å²) in [6, 6.07) is 9.54. The second-order valence-electron chi connectivity index (χ2n) is 5.21. The van der Waals surface area contributed by atoms with Crippen LogP contribution in [-0.2, 0) is 11.3 Å². The fourth-order valence-electron chi connectivity index (χ4n) is 2.00. The van der Waals surface area contributed by atoms with E-state index in [-0.39, 0.29) is 6.61 Å². The van der Waals surface area contributed by atoms with Crippen LogP contribution in [-0.4, -0.2) is 17.8 Å². The van der Waals surface area contributed by atoms with Gasteiger partial charge in [-0.1, -0.05) is 69.4 Å². The molecule has 0 fully saturated rings. The number of hydrogen-bond donors (Lipinski definition) is 2. The number of amides is 1. The molecule has 22 heavy (non-hydrogen) atoms. The molecule has 0 radical (unpaired) electrons. The van der Waals surface area contributed by atoms with Crippen molar-refractivity contribution in [3.8, 4) is 0 Å². The molecular weight excluding hydrogens is 296 g/mol. The van der Waals surface area contributed by atoms with Gasteiger partial charge in [-0.25, -0.2) is 4.79 Å². The Balaban J connectivity index is 2.03. The molecule has 0 saturated carbocycles. The molecule has 122 valence electrons. The molecule has 1 aromatic rings. The van der Waals surface area contributed by atoms with E-state index in [9.17, 15) is 4.79 Å². The highest BCUT2D eigenvalue weighted by Crippen LogP contribution is 2.04. The average molecular weight is 322 g/mol. The number of alkyl carbamates (subject to hydrolysis) is 1. The van der Waals surface area contributed by atoms with Crippen molar-refractivity contribution in [2.45, 2.75) is 52.1 Å². The van der Waals surface area contributed by atoms with Crippen LogP contribution in [0, 0.1) is 0 Å². The summed E-state index contributed by atoms with van der Waals surface area (Å²) in [6.07, 6.45) is 6.85. The Hall–Kier alpha value is -1.62. The molecule has 0 aliphatic heterocycles. The maximum absolute atomic E-state index is 11.6. The SMILES string of the molecule is CCCCCCCCNC(=S)NC(=O)OCc1ccccc1. The number of nitrogens with one attached hydrogen (secondary N) is 2. The van der Waals surface area contributed by atoms with Crippen LogP contribution in [0.5, 0.6) is 0 Å². The van der Waals surface area contributed by atoms with E-state index in [1.807, 2.05) is 30.3 Å². The Morgan fingerprint density at radius 1 is 1.09 bits per heavy atom. The van der Waals surface area contributed by atoms with E-state index >= 15 is 0 Å². The zero-order valence-corrected chi connectivity index (χ0v) is 14.1. The van der Waals surface area contributed by atoms with Crippen LogP contribution >= 0.6 is 12.2 Å². The predicted octanol–water partition coefficient (Wildman–Crippen LogP) is 4.15. The zero-order valence-electron chi connectivity index (χ0n) is 13.3. The number of carbonyl (C=O) groups excluding carboxylic acids is 1. The Morgan fingerprint density at radius 3 is 2.50 bits per heavy atom. The van der Waals surface area contributed by atoms with Gasteiger partial charge in [0.05, 0.1) is 0 Å². The number of carbonyl (C=O) groups is 1. The summed E-state index contributed by atoms with van der Waals surface area (Å²) in [5, 5.41) is 5.87. The van der Waals surface area contributed by atoms with E-state index in [1.165, 1.54) is 32.1 Å². The normalized spacial score (nSPS) is 10.0. The van der Waals surface area contributed by atoms with Gasteiger partial charge in [-0.2, -0.15) is 0 Å². The minimum Gasteiger partial charge on any atom is -0.444 e. The first-order valence-electron chi connectivity index (χ1n) is 7.98. The van der Waals surface area contributed by atoms with E-state index in [4.69, 9.17) is 17.0 Å².